The van der Waals surface area contributed by atoms with Gasteiger partial charge >= 0.3 is 0 Å². The van der Waals surface area contributed by atoms with Crippen molar-refractivity contribution >= 4 is 75.4 Å². The number of nitriles is 1. The molecule has 12 aromatic rings. The first kappa shape index (κ1) is 34.5. The van der Waals surface area contributed by atoms with Crippen LogP contribution < -0.4 is 0 Å². The summed E-state index contributed by atoms with van der Waals surface area (Å²) in [5.41, 5.74) is 14.1. The van der Waals surface area contributed by atoms with Gasteiger partial charge in [-0.2, -0.15) is 5.26 Å². The highest BCUT2D eigenvalue weighted by atomic mass is 14.3. The summed E-state index contributed by atoms with van der Waals surface area (Å²) in [5.74, 6) is 0. The maximum Gasteiger partial charge on any atom is 0.0994 e. The number of nitrogens with zero attached hydrogens (tertiary/aromatic N) is 1. The number of rotatable bonds is 5. The fourth-order valence-corrected chi connectivity index (χ4v) is 11.0. The van der Waals surface area contributed by atoms with E-state index in [0.29, 0.717) is 0 Å². The molecule has 0 spiro atoms. The molecule has 12 rings (SSSR count). The fraction of sp³-hybridized carbons (Fsp3) is 0.0678. The summed E-state index contributed by atoms with van der Waals surface area (Å²) in [6, 6.07) is 65.6. The van der Waals surface area contributed by atoms with Crippen LogP contribution in [0.3, 0.4) is 0 Å². The summed E-state index contributed by atoms with van der Waals surface area (Å²) in [6.07, 6.45) is 0.845. The Balaban J connectivity index is 1.23. The van der Waals surface area contributed by atoms with Gasteiger partial charge in [-0.25, -0.2) is 0 Å². The Hall–Kier alpha value is -7.53. The Morgan fingerprint density at radius 2 is 0.917 bits per heavy atom. The van der Waals surface area contributed by atoms with Gasteiger partial charge in [0.05, 0.1) is 11.6 Å². The van der Waals surface area contributed by atoms with Crippen molar-refractivity contribution in [3.63, 3.8) is 0 Å². The zero-order valence-electron chi connectivity index (χ0n) is 33.8. The maximum absolute atomic E-state index is 9.92. The average molecular weight is 762 g/mol. The van der Waals surface area contributed by atoms with E-state index < -0.39 is 0 Å². The Morgan fingerprint density at radius 3 is 1.60 bits per heavy atom. The van der Waals surface area contributed by atoms with Gasteiger partial charge in [-0.15, -0.1) is 0 Å². The Morgan fingerprint density at radius 1 is 0.367 bits per heavy atom. The van der Waals surface area contributed by atoms with Gasteiger partial charge in [0.1, 0.15) is 0 Å². The minimum Gasteiger partial charge on any atom is -0.192 e. The van der Waals surface area contributed by atoms with E-state index in [4.69, 9.17) is 0 Å². The monoisotopic (exact) mass is 761 g/mol. The highest BCUT2D eigenvalue weighted by Crippen LogP contribution is 2.55. The highest BCUT2D eigenvalue weighted by molar-refractivity contribution is 6.45. The number of aryl methyl sites for hydroxylation is 3. The lowest BCUT2D eigenvalue weighted by molar-refractivity contribution is 1.13. The fourth-order valence-electron chi connectivity index (χ4n) is 11.0. The van der Waals surface area contributed by atoms with E-state index in [1.54, 1.807) is 0 Å². The average Bonchev–Trinajstić information content (AvgIpc) is 3.80. The third-order valence-corrected chi connectivity index (χ3v) is 13.4. The molecule has 0 radical (unpaired) electrons. The van der Waals surface area contributed by atoms with E-state index in [2.05, 4.69) is 197 Å². The molecular weight excluding hydrogens is 723 g/mol. The predicted molar refractivity (Wildman–Crippen MR) is 257 cm³/mol. The molecule has 0 heterocycles. The Bertz CT molecular complexity index is 3730. The molecular formula is C59H39N. The molecule has 12 aromatic carbocycles. The van der Waals surface area contributed by atoms with Gasteiger partial charge in [0.2, 0.25) is 0 Å². The highest BCUT2D eigenvalue weighted by Gasteiger charge is 2.27. The normalized spacial score (nSPS) is 12.0. The summed E-state index contributed by atoms with van der Waals surface area (Å²) >= 11 is 0. The molecule has 60 heavy (non-hydrogen) atoms. The summed E-state index contributed by atoms with van der Waals surface area (Å²) in [6.45, 7) is 6.58. The third kappa shape index (κ3) is 4.74. The van der Waals surface area contributed by atoms with Crippen molar-refractivity contribution in [3.05, 3.63) is 192 Å². The smallest absolute Gasteiger partial charge is 0.0994 e. The zero-order chi connectivity index (χ0) is 40.2. The van der Waals surface area contributed by atoms with Crippen molar-refractivity contribution < 1.29 is 0 Å². The second-order valence-electron chi connectivity index (χ2n) is 16.6. The molecule has 0 fully saturated rings. The van der Waals surface area contributed by atoms with E-state index in [1.165, 1.54) is 120 Å². The van der Waals surface area contributed by atoms with Crippen LogP contribution in [0.1, 0.15) is 29.2 Å². The number of hydrogen-bond acceptors (Lipinski definition) is 1. The molecule has 0 aliphatic carbocycles. The quantitative estimate of drug-likeness (QED) is 0.160. The molecule has 0 amide bonds. The molecule has 0 bridgehead atoms. The van der Waals surface area contributed by atoms with Crippen molar-refractivity contribution in [2.75, 3.05) is 0 Å². The van der Waals surface area contributed by atoms with Gasteiger partial charge in [-0.05, 0) is 169 Å². The van der Waals surface area contributed by atoms with E-state index in [9.17, 15) is 5.26 Å². The van der Waals surface area contributed by atoms with Gasteiger partial charge in [0.15, 0.2) is 0 Å². The second-order valence-corrected chi connectivity index (χ2v) is 16.6. The van der Waals surface area contributed by atoms with E-state index >= 15 is 0 Å². The second kappa shape index (κ2) is 13.0. The molecule has 1 nitrogen and oxygen atoms in total. The molecule has 0 unspecified atom stereocenters. The lowest BCUT2D eigenvalue weighted by Crippen LogP contribution is -1.93. The lowest BCUT2D eigenvalue weighted by atomic mass is 9.84. The standard InChI is InChI=1S/C59H39N/c1-4-36-25-26-39(31-41(36)33-60)40-29-34(2)52(35(3)30-40)46-27-28-49-55-45(46)22-14-24-48(55)59-54(38-17-9-6-10-18-38)57-47-23-13-21-44-42-19-11-12-20-43(42)50(56(44)47)32-51(57)53(58(49)59)37-15-7-5-8-16-37/h5-32H,4H2,1-3H3. The summed E-state index contributed by atoms with van der Waals surface area (Å²) in [5, 5.41) is 28.2. The third-order valence-electron chi connectivity index (χ3n) is 13.4. The van der Waals surface area contributed by atoms with Crippen LogP contribution in [0.15, 0.2) is 170 Å². The van der Waals surface area contributed by atoms with Crippen LogP contribution >= 0.6 is 0 Å². The van der Waals surface area contributed by atoms with Gasteiger partial charge in [-0.3, -0.25) is 0 Å². The molecule has 0 aliphatic heterocycles. The van der Waals surface area contributed by atoms with Gasteiger partial charge < -0.3 is 0 Å². The maximum atomic E-state index is 9.92. The van der Waals surface area contributed by atoms with Gasteiger partial charge in [0.25, 0.3) is 0 Å². The lowest BCUT2D eigenvalue weighted by Gasteiger charge is -2.19. The summed E-state index contributed by atoms with van der Waals surface area (Å²) in [4.78, 5) is 0. The number of fused-ring (bicyclic) bond motifs is 8. The summed E-state index contributed by atoms with van der Waals surface area (Å²) in [7, 11) is 0. The number of hydrogen-bond donors (Lipinski definition) is 0. The molecule has 0 saturated carbocycles. The minimum atomic E-state index is 0.755. The molecule has 0 saturated heterocycles. The molecule has 1 heteroatoms. The van der Waals surface area contributed by atoms with Crippen LogP contribution in [-0.4, -0.2) is 0 Å². The van der Waals surface area contributed by atoms with Crippen molar-refractivity contribution in [2.24, 2.45) is 0 Å². The first-order chi connectivity index (χ1) is 29.5. The van der Waals surface area contributed by atoms with Crippen LogP contribution in [-0.2, 0) is 6.42 Å². The topological polar surface area (TPSA) is 23.8 Å². The van der Waals surface area contributed by atoms with E-state index in [-0.39, 0.29) is 0 Å². The first-order valence-corrected chi connectivity index (χ1v) is 21.1. The van der Waals surface area contributed by atoms with Crippen LogP contribution in [0.4, 0.5) is 0 Å². The van der Waals surface area contributed by atoms with E-state index in [0.717, 1.165) is 28.7 Å². The molecule has 0 aromatic heterocycles. The summed E-state index contributed by atoms with van der Waals surface area (Å²) < 4.78 is 0. The van der Waals surface area contributed by atoms with Crippen molar-refractivity contribution in [1.29, 1.82) is 5.26 Å². The zero-order valence-corrected chi connectivity index (χ0v) is 33.8. The number of benzene rings is 10. The van der Waals surface area contributed by atoms with Crippen molar-refractivity contribution in [2.45, 2.75) is 27.2 Å². The predicted octanol–water partition coefficient (Wildman–Crippen LogP) is 16.4. The van der Waals surface area contributed by atoms with E-state index in [1.807, 2.05) is 0 Å². The molecule has 280 valence electrons. The minimum absolute atomic E-state index is 0.755. The van der Waals surface area contributed by atoms with Crippen LogP contribution in [0.5, 0.6) is 0 Å². The first-order valence-electron chi connectivity index (χ1n) is 21.1. The largest absolute Gasteiger partial charge is 0.192 e. The Kier molecular flexibility index (Phi) is 7.47. The van der Waals surface area contributed by atoms with Crippen molar-refractivity contribution in [1.82, 2.24) is 0 Å². The van der Waals surface area contributed by atoms with Gasteiger partial charge in [0, 0.05) is 0 Å². The SMILES string of the molecule is CCc1ccc(-c2cc(C)c(-c3ccc4c5c(-c6ccccc6)c6cc7c8ccccc8c8cccc(c6c(-c6ccccc6)c5c5cccc3c45)c87)c(C)c2)cc1C#N. The van der Waals surface area contributed by atoms with Crippen molar-refractivity contribution in [3.8, 4) is 50.6 Å². The Labute approximate surface area is 349 Å². The molecule has 0 N–H and O–H groups in total. The molecule has 0 atom stereocenters. The van der Waals surface area contributed by atoms with Gasteiger partial charge in [-0.1, -0.05) is 165 Å². The van der Waals surface area contributed by atoms with Crippen LogP contribution in [0.2, 0.25) is 0 Å². The van der Waals surface area contributed by atoms with Crippen LogP contribution in [0.25, 0.3) is 120 Å². The molecule has 0 aliphatic rings. The van der Waals surface area contributed by atoms with Crippen LogP contribution in [0, 0.1) is 25.2 Å².